The lowest BCUT2D eigenvalue weighted by atomic mass is 10.1. The van der Waals surface area contributed by atoms with Crippen molar-refractivity contribution in [3.8, 4) is 5.75 Å². The maximum absolute atomic E-state index is 13.7. The maximum Gasteiger partial charge on any atom is 0.224 e. The predicted molar refractivity (Wildman–Crippen MR) is 87.1 cm³/mol. The minimum Gasteiger partial charge on any atom is -0.494 e. The molecule has 0 aliphatic heterocycles. The Balaban J connectivity index is 1.66. The molecule has 1 amide bonds. The van der Waals surface area contributed by atoms with Crippen molar-refractivity contribution < 1.29 is 13.9 Å². The molecule has 1 aliphatic rings. The van der Waals surface area contributed by atoms with Crippen LogP contribution in [-0.4, -0.2) is 18.0 Å². The van der Waals surface area contributed by atoms with Crippen molar-refractivity contribution in [1.29, 1.82) is 0 Å². The number of thiazole rings is 1. The highest BCUT2D eigenvalue weighted by Crippen LogP contribution is 2.41. The molecule has 1 unspecified atom stereocenters. The summed E-state index contributed by atoms with van der Waals surface area (Å²) in [5.74, 6) is 0.0896. The van der Waals surface area contributed by atoms with E-state index < -0.39 is 5.82 Å². The van der Waals surface area contributed by atoms with Gasteiger partial charge in [0.05, 0.1) is 19.6 Å². The summed E-state index contributed by atoms with van der Waals surface area (Å²) < 4.78 is 18.6. The zero-order valence-corrected chi connectivity index (χ0v) is 14.0. The molecule has 1 N–H and O–H groups in total. The number of rotatable bonds is 6. The van der Waals surface area contributed by atoms with Crippen molar-refractivity contribution in [1.82, 2.24) is 10.3 Å². The minimum atomic E-state index is -0.452. The second-order valence-corrected chi connectivity index (χ2v) is 6.75. The van der Waals surface area contributed by atoms with Crippen molar-refractivity contribution in [2.45, 2.75) is 32.2 Å². The first-order valence-electron chi connectivity index (χ1n) is 7.60. The smallest absolute Gasteiger partial charge is 0.224 e. The fraction of sp³-hybridized carbons (Fsp3) is 0.412. The molecule has 1 aliphatic carbocycles. The highest BCUT2D eigenvalue weighted by molar-refractivity contribution is 7.09. The second-order valence-electron chi connectivity index (χ2n) is 5.86. The van der Waals surface area contributed by atoms with Gasteiger partial charge in [0.2, 0.25) is 5.91 Å². The number of nitrogens with zero attached hydrogens (tertiary/aromatic N) is 1. The molecule has 4 nitrogen and oxygen atoms in total. The van der Waals surface area contributed by atoms with E-state index in [1.165, 1.54) is 13.2 Å². The van der Waals surface area contributed by atoms with Crippen molar-refractivity contribution in [3.63, 3.8) is 0 Å². The minimum absolute atomic E-state index is 0.0238. The molecule has 1 fully saturated rings. The fourth-order valence-electron chi connectivity index (χ4n) is 2.56. The Morgan fingerprint density at radius 1 is 1.52 bits per heavy atom. The van der Waals surface area contributed by atoms with Gasteiger partial charge in [-0.25, -0.2) is 9.37 Å². The largest absolute Gasteiger partial charge is 0.494 e. The molecule has 1 atom stereocenters. The van der Waals surface area contributed by atoms with E-state index in [-0.39, 0.29) is 24.1 Å². The molecule has 2 aromatic rings. The molecule has 122 valence electrons. The summed E-state index contributed by atoms with van der Waals surface area (Å²) in [4.78, 5) is 16.8. The van der Waals surface area contributed by atoms with Gasteiger partial charge in [0, 0.05) is 11.1 Å². The Bertz CT molecular complexity index is 712. The fourth-order valence-corrected chi connectivity index (χ4v) is 3.49. The monoisotopic (exact) mass is 334 g/mol. The van der Waals surface area contributed by atoms with Crippen LogP contribution in [0.1, 0.15) is 35.1 Å². The van der Waals surface area contributed by atoms with Gasteiger partial charge in [0.15, 0.2) is 11.6 Å². The zero-order chi connectivity index (χ0) is 16.4. The molecule has 1 aromatic heterocycles. The zero-order valence-electron chi connectivity index (χ0n) is 13.1. The number of carbonyl (C=O) groups excluding carboxylic acids is 1. The summed E-state index contributed by atoms with van der Waals surface area (Å²) in [6, 6.07) is 4.57. The summed E-state index contributed by atoms with van der Waals surface area (Å²) >= 11 is 1.58. The first kappa shape index (κ1) is 15.9. The number of halogens is 1. The van der Waals surface area contributed by atoms with Crippen LogP contribution < -0.4 is 10.1 Å². The van der Waals surface area contributed by atoms with E-state index in [0.29, 0.717) is 11.5 Å². The van der Waals surface area contributed by atoms with E-state index in [1.807, 2.05) is 12.3 Å². The number of amides is 1. The number of aromatic nitrogens is 1. The lowest BCUT2D eigenvalue weighted by Gasteiger charge is -2.16. The van der Waals surface area contributed by atoms with Gasteiger partial charge in [-0.1, -0.05) is 6.07 Å². The van der Waals surface area contributed by atoms with E-state index in [2.05, 4.69) is 10.3 Å². The van der Waals surface area contributed by atoms with Gasteiger partial charge in [0.25, 0.3) is 0 Å². The number of carbonyl (C=O) groups is 1. The Morgan fingerprint density at radius 2 is 2.30 bits per heavy atom. The molecule has 0 radical (unpaired) electrons. The van der Waals surface area contributed by atoms with Gasteiger partial charge in [-0.15, -0.1) is 11.3 Å². The van der Waals surface area contributed by atoms with Crippen LogP contribution in [0.5, 0.6) is 5.75 Å². The SMILES string of the molecule is COc1ccc(CC(=O)NC(c2nc(C)cs2)C2CC2)cc1F. The van der Waals surface area contributed by atoms with Gasteiger partial charge in [-0.3, -0.25) is 4.79 Å². The average Bonchev–Trinajstić information content (AvgIpc) is 3.26. The van der Waals surface area contributed by atoms with Gasteiger partial charge >= 0.3 is 0 Å². The lowest BCUT2D eigenvalue weighted by Crippen LogP contribution is -2.31. The quantitative estimate of drug-likeness (QED) is 0.881. The highest BCUT2D eigenvalue weighted by Gasteiger charge is 2.35. The van der Waals surface area contributed by atoms with E-state index in [1.54, 1.807) is 23.5 Å². The molecule has 0 saturated heterocycles. The third-order valence-corrected chi connectivity index (χ3v) is 4.94. The molecule has 0 bridgehead atoms. The Morgan fingerprint density at radius 3 is 2.87 bits per heavy atom. The molecule has 6 heteroatoms. The number of nitrogens with one attached hydrogen (secondary N) is 1. The molecule has 0 spiro atoms. The third kappa shape index (κ3) is 3.88. The van der Waals surface area contributed by atoms with Crippen LogP contribution >= 0.6 is 11.3 Å². The summed E-state index contributed by atoms with van der Waals surface area (Å²) in [6.45, 7) is 1.95. The topological polar surface area (TPSA) is 51.2 Å². The van der Waals surface area contributed by atoms with E-state index in [0.717, 1.165) is 23.5 Å². The Labute approximate surface area is 138 Å². The van der Waals surface area contributed by atoms with Crippen LogP contribution in [0.15, 0.2) is 23.6 Å². The molecule has 3 rings (SSSR count). The van der Waals surface area contributed by atoms with Gasteiger partial charge in [-0.05, 0) is 43.4 Å². The second kappa shape index (κ2) is 6.66. The van der Waals surface area contributed by atoms with E-state index in [4.69, 9.17) is 4.74 Å². The number of hydrogen-bond donors (Lipinski definition) is 1. The molecular formula is C17H19FN2O2S. The van der Waals surface area contributed by atoms with E-state index >= 15 is 0 Å². The van der Waals surface area contributed by atoms with Crippen LogP contribution in [0.3, 0.4) is 0 Å². The molecule has 23 heavy (non-hydrogen) atoms. The predicted octanol–water partition coefficient (Wildman–Crippen LogP) is 3.41. The number of aryl methyl sites for hydroxylation is 1. The first-order valence-corrected chi connectivity index (χ1v) is 8.48. The van der Waals surface area contributed by atoms with Crippen LogP contribution in [0, 0.1) is 18.7 Å². The number of benzene rings is 1. The molecular weight excluding hydrogens is 315 g/mol. The summed E-state index contributed by atoms with van der Waals surface area (Å²) in [5, 5.41) is 6.01. The van der Waals surface area contributed by atoms with Crippen molar-refractivity contribution in [2.75, 3.05) is 7.11 Å². The number of ether oxygens (including phenoxy) is 1. The molecule has 1 heterocycles. The standard InChI is InChI=1S/C17H19FN2O2S/c1-10-9-23-17(19-10)16(12-4-5-12)20-15(21)8-11-3-6-14(22-2)13(18)7-11/h3,6-7,9,12,16H,4-5,8H2,1-2H3,(H,20,21). The summed E-state index contributed by atoms with van der Waals surface area (Å²) in [5.41, 5.74) is 1.60. The van der Waals surface area contributed by atoms with Crippen molar-refractivity contribution in [3.05, 3.63) is 45.7 Å². The van der Waals surface area contributed by atoms with Gasteiger partial charge in [-0.2, -0.15) is 0 Å². The average molecular weight is 334 g/mol. The van der Waals surface area contributed by atoms with Gasteiger partial charge in [0.1, 0.15) is 5.01 Å². The summed E-state index contributed by atoms with van der Waals surface area (Å²) in [7, 11) is 1.42. The number of methoxy groups -OCH3 is 1. The van der Waals surface area contributed by atoms with Crippen LogP contribution in [0.4, 0.5) is 4.39 Å². The van der Waals surface area contributed by atoms with Crippen LogP contribution in [0.25, 0.3) is 0 Å². The molecule has 1 saturated carbocycles. The Hall–Kier alpha value is -1.95. The van der Waals surface area contributed by atoms with Crippen LogP contribution in [0.2, 0.25) is 0 Å². The Kier molecular flexibility index (Phi) is 4.61. The van der Waals surface area contributed by atoms with Crippen molar-refractivity contribution >= 4 is 17.2 Å². The van der Waals surface area contributed by atoms with E-state index in [9.17, 15) is 9.18 Å². The molecule has 1 aromatic carbocycles. The maximum atomic E-state index is 13.7. The number of hydrogen-bond acceptors (Lipinski definition) is 4. The van der Waals surface area contributed by atoms with Gasteiger partial charge < -0.3 is 10.1 Å². The summed E-state index contributed by atoms with van der Waals surface area (Å²) in [6.07, 6.45) is 2.37. The first-order chi connectivity index (χ1) is 11.1. The third-order valence-electron chi connectivity index (χ3n) is 3.89. The lowest BCUT2D eigenvalue weighted by molar-refractivity contribution is -0.121. The highest BCUT2D eigenvalue weighted by atomic mass is 32.1. The van der Waals surface area contributed by atoms with Crippen LogP contribution in [-0.2, 0) is 11.2 Å². The normalized spacial score (nSPS) is 15.3. The van der Waals surface area contributed by atoms with Crippen molar-refractivity contribution in [2.24, 2.45) is 5.92 Å².